The number of aryl methyl sites for hydroxylation is 6. The van der Waals surface area contributed by atoms with E-state index in [1.54, 1.807) is 0 Å². The van der Waals surface area contributed by atoms with Crippen LogP contribution in [0.2, 0.25) is 0 Å². The van der Waals surface area contributed by atoms with E-state index in [-0.39, 0.29) is 0 Å². The van der Waals surface area contributed by atoms with Gasteiger partial charge in [0.2, 0.25) is 0 Å². The molecule has 0 N–H and O–H groups in total. The highest BCUT2D eigenvalue weighted by molar-refractivity contribution is 5.96. The Morgan fingerprint density at radius 1 is 0.150 bits per heavy atom. The topological polar surface area (TPSA) is 0 Å². The maximum absolute atomic E-state index is 2.67. The number of benzene rings is 11. The standard InChI is InChI=1S/C100H122/c1-7-13-19-25-31-45-83-71-97(85(47-33-27-21-15-9-3)69-95(83)89-57-51-75-41-37-39-43-77(75)63-89)91-59-53-81-67-93(61-55-79(81)65-91)99-73-88(50-36-30-24-18-12-6)100(74-87(99)49-35-29-23-17-11-5)94-62-56-80-66-92(60-54-82(80)68-94)98-72-84(46-32-26-20-14-8-2)96(70-86(98)48-34-28-22-16-10-4)90-58-52-76-42-38-40-44-78(76)64-90/h37-44,51-74H,7-36,45-50H2,1-6H3. The van der Waals surface area contributed by atoms with E-state index in [1.807, 2.05) is 0 Å². The van der Waals surface area contributed by atoms with Crippen molar-refractivity contribution in [1.29, 1.82) is 0 Å². The van der Waals surface area contributed by atoms with Gasteiger partial charge in [0, 0.05) is 0 Å². The van der Waals surface area contributed by atoms with Crippen molar-refractivity contribution in [1.82, 2.24) is 0 Å². The van der Waals surface area contributed by atoms with Gasteiger partial charge in [0.15, 0.2) is 0 Å². The SMILES string of the molecule is CCCCCCCc1cc(-c2ccc3cc(-c4cc(CCCCCCC)c(-c5ccc6cc(-c7cc(CCCCCCC)c(-c8ccc9ccccc9c8)cc7CCCCCCC)ccc6c5)cc4CCCCCCC)ccc3c2)c(CCCCCCC)cc1-c1ccc2ccccc2c1. The molecule has 0 aliphatic rings. The Balaban J connectivity index is 0.961. The van der Waals surface area contributed by atoms with Crippen LogP contribution in [0, 0.1) is 0 Å². The van der Waals surface area contributed by atoms with Gasteiger partial charge in [0.25, 0.3) is 0 Å². The molecule has 100 heavy (non-hydrogen) atoms. The number of unbranched alkanes of at least 4 members (excludes halogenated alkanes) is 24. The molecule has 0 aliphatic heterocycles. The highest BCUT2D eigenvalue weighted by atomic mass is 14.2. The van der Waals surface area contributed by atoms with Gasteiger partial charge in [0.1, 0.15) is 0 Å². The van der Waals surface area contributed by atoms with Crippen LogP contribution in [0.15, 0.2) is 194 Å². The molecule has 0 aliphatic carbocycles. The molecule has 0 heterocycles. The second-order valence-corrected chi connectivity index (χ2v) is 30.2. The van der Waals surface area contributed by atoms with Crippen molar-refractivity contribution in [3.8, 4) is 66.8 Å². The van der Waals surface area contributed by atoms with E-state index in [4.69, 9.17) is 0 Å². The zero-order chi connectivity index (χ0) is 69.1. The molecule has 522 valence electrons. The van der Waals surface area contributed by atoms with Crippen molar-refractivity contribution in [3.05, 3.63) is 228 Å². The van der Waals surface area contributed by atoms with E-state index in [0.717, 1.165) is 38.5 Å². The van der Waals surface area contributed by atoms with Gasteiger partial charge < -0.3 is 0 Å². The van der Waals surface area contributed by atoms with E-state index >= 15 is 0 Å². The predicted octanol–water partition coefficient (Wildman–Crippen LogP) is 31.4. The largest absolute Gasteiger partial charge is 0.0654 e. The first-order valence-corrected chi connectivity index (χ1v) is 40.9. The maximum atomic E-state index is 2.67. The summed E-state index contributed by atoms with van der Waals surface area (Å²) in [4.78, 5) is 0. The summed E-state index contributed by atoms with van der Waals surface area (Å²) in [5, 5.41) is 10.6. The van der Waals surface area contributed by atoms with Gasteiger partial charge in [-0.2, -0.15) is 0 Å². The van der Waals surface area contributed by atoms with Crippen molar-refractivity contribution in [2.75, 3.05) is 0 Å². The van der Waals surface area contributed by atoms with Gasteiger partial charge in [-0.05, 0) is 257 Å². The summed E-state index contributed by atoms with van der Waals surface area (Å²) in [5.41, 5.74) is 25.8. The van der Waals surface area contributed by atoms with Crippen LogP contribution in [-0.2, 0) is 38.5 Å². The highest BCUT2D eigenvalue weighted by Gasteiger charge is 2.20. The van der Waals surface area contributed by atoms with E-state index < -0.39 is 0 Å². The minimum absolute atomic E-state index is 1.09. The molecule has 11 aromatic rings. The average molecular weight is 1320 g/mol. The monoisotopic (exact) mass is 1320 g/mol. The molecule has 0 fully saturated rings. The van der Waals surface area contributed by atoms with Crippen molar-refractivity contribution in [2.24, 2.45) is 0 Å². The van der Waals surface area contributed by atoms with Crippen molar-refractivity contribution in [2.45, 2.75) is 273 Å². The number of fused-ring (bicyclic) bond motifs is 4. The van der Waals surface area contributed by atoms with Gasteiger partial charge in [-0.25, -0.2) is 0 Å². The molecular weight excluding hydrogens is 1200 g/mol. The lowest BCUT2D eigenvalue weighted by Crippen LogP contribution is -1.99. The molecular formula is C100H122. The zero-order valence-electron chi connectivity index (χ0n) is 62.9. The fourth-order valence-electron chi connectivity index (χ4n) is 16.3. The maximum Gasteiger partial charge on any atom is -0.0149 e. The minimum atomic E-state index is 1.09. The lowest BCUT2D eigenvalue weighted by molar-refractivity contribution is 0.630. The van der Waals surface area contributed by atoms with Crippen LogP contribution in [0.25, 0.3) is 110 Å². The lowest BCUT2D eigenvalue weighted by atomic mass is 9.85. The molecule has 0 saturated carbocycles. The van der Waals surface area contributed by atoms with Crippen LogP contribution in [-0.4, -0.2) is 0 Å². The first kappa shape index (κ1) is 73.7. The van der Waals surface area contributed by atoms with Crippen LogP contribution in [0.3, 0.4) is 0 Å². The number of hydrogen-bond acceptors (Lipinski definition) is 0. The van der Waals surface area contributed by atoms with E-state index in [0.29, 0.717) is 0 Å². The summed E-state index contributed by atoms with van der Waals surface area (Å²) in [6.07, 6.45) is 45.1. The molecule has 0 nitrogen and oxygen atoms in total. The van der Waals surface area contributed by atoms with Crippen LogP contribution in [0.1, 0.15) is 268 Å². The lowest BCUT2D eigenvalue weighted by Gasteiger charge is -2.20. The van der Waals surface area contributed by atoms with E-state index in [2.05, 4.69) is 236 Å². The van der Waals surface area contributed by atoms with Crippen molar-refractivity contribution in [3.63, 3.8) is 0 Å². The van der Waals surface area contributed by atoms with Gasteiger partial charge in [0.05, 0.1) is 0 Å². The first-order chi connectivity index (χ1) is 49.4. The van der Waals surface area contributed by atoms with Crippen LogP contribution < -0.4 is 0 Å². The third-order valence-corrected chi connectivity index (χ3v) is 22.3. The second kappa shape index (κ2) is 39.0. The van der Waals surface area contributed by atoms with Crippen molar-refractivity contribution >= 4 is 43.1 Å². The third-order valence-electron chi connectivity index (χ3n) is 22.3. The molecule has 0 aromatic heterocycles. The Bertz CT molecular complexity index is 4070. The Morgan fingerprint density at radius 3 is 0.500 bits per heavy atom. The third kappa shape index (κ3) is 20.0. The quantitative estimate of drug-likeness (QED) is 0.0335. The Morgan fingerprint density at radius 2 is 0.310 bits per heavy atom. The predicted molar refractivity (Wildman–Crippen MR) is 444 cm³/mol. The van der Waals surface area contributed by atoms with Gasteiger partial charge in [-0.15, -0.1) is 0 Å². The average Bonchev–Trinajstić information content (AvgIpc) is 0.778. The first-order valence-electron chi connectivity index (χ1n) is 40.9. The molecule has 0 amide bonds. The normalized spacial score (nSPS) is 11.7. The molecule has 0 spiro atoms. The molecule has 0 atom stereocenters. The smallest absolute Gasteiger partial charge is 0.0149 e. The zero-order valence-corrected chi connectivity index (χ0v) is 62.9. The van der Waals surface area contributed by atoms with Crippen LogP contribution in [0.5, 0.6) is 0 Å². The Kier molecular flexibility index (Phi) is 28.8. The summed E-state index contributed by atoms with van der Waals surface area (Å²) in [7, 11) is 0. The fraction of sp³-hybridized carbons (Fsp3) is 0.420. The molecule has 11 rings (SSSR count). The minimum Gasteiger partial charge on any atom is -0.0654 e. The summed E-state index contributed by atoms with van der Waals surface area (Å²) in [5.74, 6) is 0. The number of hydrogen-bond donors (Lipinski definition) is 0. The summed E-state index contributed by atoms with van der Waals surface area (Å²) < 4.78 is 0. The van der Waals surface area contributed by atoms with Crippen molar-refractivity contribution < 1.29 is 0 Å². The van der Waals surface area contributed by atoms with E-state index in [1.165, 1.54) is 336 Å². The highest BCUT2D eigenvalue weighted by Crippen LogP contribution is 2.42. The molecule has 0 bridgehead atoms. The van der Waals surface area contributed by atoms with Gasteiger partial charge >= 0.3 is 0 Å². The van der Waals surface area contributed by atoms with Gasteiger partial charge in [-0.3, -0.25) is 0 Å². The van der Waals surface area contributed by atoms with Crippen LogP contribution >= 0.6 is 0 Å². The second-order valence-electron chi connectivity index (χ2n) is 30.2. The number of rotatable bonds is 42. The molecule has 0 saturated heterocycles. The Labute approximate surface area is 606 Å². The molecule has 0 unspecified atom stereocenters. The van der Waals surface area contributed by atoms with E-state index in [9.17, 15) is 0 Å². The Hall–Kier alpha value is -7.54. The molecule has 0 heteroatoms. The summed E-state index contributed by atoms with van der Waals surface area (Å²) in [6.45, 7) is 14.0. The summed E-state index contributed by atoms with van der Waals surface area (Å²) >= 11 is 0. The summed E-state index contributed by atoms with van der Waals surface area (Å²) in [6, 6.07) is 77.9. The fourth-order valence-corrected chi connectivity index (χ4v) is 16.3. The van der Waals surface area contributed by atoms with Crippen LogP contribution in [0.4, 0.5) is 0 Å². The van der Waals surface area contributed by atoms with Gasteiger partial charge in [-0.1, -0.05) is 353 Å². The molecule has 0 radical (unpaired) electrons. The molecule has 11 aromatic carbocycles.